The molecule has 0 saturated carbocycles. The molecule has 1 unspecified atom stereocenters. The standard InChI is InChI=1S/C20H19ClNO4PS/c1-12-4-9-17(13(2)10-12)27(25,26-3)22-16-11-18(28-19(16)20(23)24)14-5-7-15(21)8-6-14/h4-11H,1-3H3,(H,22,25)(H,23,24). The van der Waals surface area contributed by atoms with Crippen LogP contribution in [0.5, 0.6) is 0 Å². The van der Waals surface area contributed by atoms with Crippen molar-refractivity contribution in [1.29, 1.82) is 0 Å². The molecule has 3 aromatic rings. The first-order valence-electron chi connectivity index (χ1n) is 8.38. The molecule has 8 heteroatoms. The van der Waals surface area contributed by atoms with Crippen molar-refractivity contribution in [2.24, 2.45) is 0 Å². The van der Waals surface area contributed by atoms with Crippen molar-refractivity contribution >= 4 is 47.4 Å². The summed E-state index contributed by atoms with van der Waals surface area (Å²) in [6.07, 6.45) is 0. The number of thiophene rings is 1. The maximum Gasteiger partial charge on any atom is 0.348 e. The maximum atomic E-state index is 13.5. The summed E-state index contributed by atoms with van der Waals surface area (Å²) in [6, 6.07) is 14.3. The van der Waals surface area contributed by atoms with Gasteiger partial charge in [0.2, 0.25) is 0 Å². The fourth-order valence-electron chi connectivity index (χ4n) is 2.89. The molecule has 146 valence electrons. The summed E-state index contributed by atoms with van der Waals surface area (Å²) in [5, 5.41) is 13.6. The Morgan fingerprint density at radius 1 is 1.14 bits per heavy atom. The molecule has 0 radical (unpaired) electrons. The molecule has 0 aliphatic rings. The van der Waals surface area contributed by atoms with Gasteiger partial charge in [0.05, 0.1) is 11.0 Å². The third-order valence-corrected chi connectivity index (χ3v) is 7.86. The van der Waals surface area contributed by atoms with Crippen molar-refractivity contribution in [3.8, 4) is 10.4 Å². The van der Waals surface area contributed by atoms with Gasteiger partial charge in [-0.05, 0) is 49.2 Å². The number of halogens is 1. The predicted molar refractivity (Wildman–Crippen MR) is 116 cm³/mol. The van der Waals surface area contributed by atoms with Crippen LogP contribution < -0.4 is 10.4 Å². The molecule has 0 saturated heterocycles. The van der Waals surface area contributed by atoms with Crippen LogP contribution in [0.4, 0.5) is 5.69 Å². The Balaban J connectivity index is 2.05. The van der Waals surface area contributed by atoms with Crippen LogP contribution >= 0.6 is 30.5 Å². The van der Waals surface area contributed by atoms with Crippen molar-refractivity contribution in [3.05, 3.63) is 69.6 Å². The lowest BCUT2D eigenvalue weighted by molar-refractivity contribution is 0.0703. The Morgan fingerprint density at radius 3 is 2.39 bits per heavy atom. The van der Waals surface area contributed by atoms with Crippen LogP contribution in [-0.2, 0) is 9.09 Å². The van der Waals surface area contributed by atoms with Gasteiger partial charge in [0.1, 0.15) is 4.88 Å². The first-order chi connectivity index (χ1) is 13.2. The van der Waals surface area contributed by atoms with Crippen molar-refractivity contribution in [3.63, 3.8) is 0 Å². The van der Waals surface area contributed by atoms with Crippen LogP contribution in [0.15, 0.2) is 48.5 Å². The molecule has 0 amide bonds. The first-order valence-corrected chi connectivity index (χ1v) is 11.2. The lowest BCUT2D eigenvalue weighted by Crippen LogP contribution is -2.17. The molecule has 5 nitrogen and oxygen atoms in total. The van der Waals surface area contributed by atoms with E-state index in [2.05, 4.69) is 5.09 Å². The zero-order chi connectivity index (χ0) is 20.5. The summed E-state index contributed by atoms with van der Waals surface area (Å²) in [6.45, 7) is 3.79. The topological polar surface area (TPSA) is 75.6 Å². The van der Waals surface area contributed by atoms with E-state index in [0.29, 0.717) is 10.3 Å². The smallest absolute Gasteiger partial charge is 0.348 e. The number of nitrogens with one attached hydrogen (secondary N) is 1. The van der Waals surface area contributed by atoms with E-state index in [1.54, 1.807) is 24.3 Å². The van der Waals surface area contributed by atoms with Gasteiger partial charge < -0.3 is 14.7 Å². The zero-order valence-electron chi connectivity index (χ0n) is 15.5. The second kappa shape index (κ2) is 8.10. The average Bonchev–Trinajstić information content (AvgIpc) is 3.06. The highest BCUT2D eigenvalue weighted by molar-refractivity contribution is 7.68. The summed E-state index contributed by atoms with van der Waals surface area (Å²) in [7, 11) is -2.17. The highest BCUT2D eigenvalue weighted by Crippen LogP contribution is 2.48. The molecule has 2 aromatic carbocycles. The number of rotatable bonds is 6. The fourth-order valence-corrected chi connectivity index (χ4v) is 5.75. The van der Waals surface area contributed by atoms with Crippen LogP contribution in [0.25, 0.3) is 10.4 Å². The number of aromatic carboxylic acids is 1. The second-order valence-corrected chi connectivity index (χ2v) is 9.96. The molecule has 0 spiro atoms. The van der Waals surface area contributed by atoms with E-state index in [4.69, 9.17) is 16.1 Å². The van der Waals surface area contributed by atoms with Crippen molar-refractivity contribution in [2.45, 2.75) is 13.8 Å². The van der Waals surface area contributed by atoms with Gasteiger partial charge in [0.25, 0.3) is 0 Å². The summed E-state index contributed by atoms with van der Waals surface area (Å²) >= 11 is 7.03. The average molecular weight is 436 g/mol. The lowest BCUT2D eigenvalue weighted by atomic mass is 10.2. The van der Waals surface area contributed by atoms with Gasteiger partial charge in [-0.2, -0.15) is 0 Å². The van der Waals surface area contributed by atoms with Gasteiger partial charge in [0, 0.05) is 17.0 Å². The number of aryl methyl sites for hydroxylation is 2. The summed E-state index contributed by atoms with van der Waals surface area (Å²) in [4.78, 5) is 12.5. The van der Waals surface area contributed by atoms with E-state index in [1.165, 1.54) is 7.11 Å². The van der Waals surface area contributed by atoms with Crippen LogP contribution in [0, 0.1) is 13.8 Å². The molecule has 3 rings (SSSR count). The van der Waals surface area contributed by atoms with Gasteiger partial charge in [-0.15, -0.1) is 11.3 Å². The van der Waals surface area contributed by atoms with E-state index in [1.807, 2.05) is 38.1 Å². The Kier molecular flexibility index (Phi) is 5.96. The van der Waals surface area contributed by atoms with E-state index in [0.717, 1.165) is 32.9 Å². The van der Waals surface area contributed by atoms with Crippen molar-refractivity contribution < 1.29 is 19.0 Å². The quantitative estimate of drug-likeness (QED) is 0.467. The van der Waals surface area contributed by atoms with Gasteiger partial charge in [0.15, 0.2) is 0 Å². The van der Waals surface area contributed by atoms with E-state index in [9.17, 15) is 14.5 Å². The zero-order valence-corrected chi connectivity index (χ0v) is 18.0. The molecule has 0 bridgehead atoms. The van der Waals surface area contributed by atoms with Gasteiger partial charge >= 0.3 is 13.5 Å². The van der Waals surface area contributed by atoms with Crippen LogP contribution in [0.1, 0.15) is 20.8 Å². The Hall–Kier alpha value is -2.11. The Labute approximate surface area is 172 Å². The first kappa shape index (κ1) is 20.6. The molecule has 0 fully saturated rings. The number of hydrogen-bond donors (Lipinski definition) is 2. The van der Waals surface area contributed by atoms with Crippen LogP contribution in [0.2, 0.25) is 5.02 Å². The molecule has 0 aliphatic carbocycles. The highest BCUT2D eigenvalue weighted by Gasteiger charge is 2.29. The number of carboxylic acid groups (broad SMARTS) is 1. The lowest BCUT2D eigenvalue weighted by Gasteiger charge is -2.20. The monoisotopic (exact) mass is 435 g/mol. The van der Waals surface area contributed by atoms with E-state index >= 15 is 0 Å². The predicted octanol–water partition coefficient (Wildman–Crippen LogP) is 5.96. The second-order valence-electron chi connectivity index (χ2n) is 6.30. The van der Waals surface area contributed by atoms with Crippen LogP contribution in [-0.4, -0.2) is 18.2 Å². The molecule has 0 aliphatic heterocycles. The third kappa shape index (κ3) is 4.15. The van der Waals surface area contributed by atoms with Gasteiger partial charge in [-0.25, -0.2) is 4.79 Å². The van der Waals surface area contributed by atoms with Crippen LogP contribution in [0.3, 0.4) is 0 Å². The number of anilines is 1. The maximum absolute atomic E-state index is 13.5. The highest BCUT2D eigenvalue weighted by atomic mass is 35.5. The summed E-state index contributed by atoms with van der Waals surface area (Å²) < 4.78 is 18.9. The third-order valence-electron chi connectivity index (χ3n) is 4.25. The molecule has 2 N–H and O–H groups in total. The van der Waals surface area contributed by atoms with Gasteiger partial charge in [-0.1, -0.05) is 41.4 Å². The molecule has 1 aromatic heterocycles. The Bertz CT molecular complexity index is 1080. The minimum absolute atomic E-state index is 0.0620. The fraction of sp³-hybridized carbons (Fsp3) is 0.150. The summed E-state index contributed by atoms with van der Waals surface area (Å²) in [5.41, 5.74) is 2.93. The molecule has 1 atom stereocenters. The van der Waals surface area contributed by atoms with E-state index < -0.39 is 13.5 Å². The van der Waals surface area contributed by atoms with Crippen molar-refractivity contribution in [1.82, 2.24) is 0 Å². The number of carbonyl (C=O) groups is 1. The van der Waals surface area contributed by atoms with Gasteiger partial charge in [-0.3, -0.25) is 4.57 Å². The van der Waals surface area contributed by atoms with E-state index in [-0.39, 0.29) is 10.6 Å². The summed E-state index contributed by atoms with van der Waals surface area (Å²) in [5.74, 6) is -1.10. The number of carboxylic acids is 1. The normalized spacial score (nSPS) is 13.1. The minimum Gasteiger partial charge on any atom is -0.477 e. The van der Waals surface area contributed by atoms with Crippen molar-refractivity contribution in [2.75, 3.05) is 12.2 Å². The molecule has 1 heterocycles. The number of benzene rings is 2. The SMILES string of the molecule is COP(=O)(Nc1cc(-c2ccc(Cl)cc2)sc1C(=O)O)c1ccc(C)cc1C. The molecular weight excluding hydrogens is 417 g/mol. The Morgan fingerprint density at radius 2 is 1.82 bits per heavy atom. The largest absolute Gasteiger partial charge is 0.477 e. The molecule has 28 heavy (non-hydrogen) atoms. The number of hydrogen-bond acceptors (Lipinski definition) is 4. The molecular formula is C20H19ClNO4PS. The minimum atomic E-state index is -3.51.